The van der Waals surface area contributed by atoms with Crippen molar-refractivity contribution in [3.8, 4) is 17.1 Å². The Morgan fingerprint density at radius 3 is 2.61 bits per heavy atom. The summed E-state index contributed by atoms with van der Waals surface area (Å²) < 4.78 is 21.8. The predicted octanol–water partition coefficient (Wildman–Crippen LogP) is 3.86. The molecule has 2 aliphatic rings. The van der Waals surface area contributed by atoms with E-state index in [1.807, 2.05) is 53.4 Å². The number of nitrogens with zero attached hydrogens (tertiary/aromatic N) is 4. The second-order valence-corrected chi connectivity index (χ2v) is 10.4. The molecule has 0 spiro atoms. The Hall–Kier alpha value is -3.73. The fraction of sp³-hybridized carbons (Fsp3) is 0.452. The molecule has 41 heavy (non-hydrogen) atoms. The number of anilines is 1. The van der Waals surface area contributed by atoms with Crippen LogP contribution < -0.4 is 9.64 Å². The van der Waals surface area contributed by atoms with Gasteiger partial charge in [0, 0.05) is 76.4 Å². The van der Waals surface area contributed by atoms with Gasteiger partial charge in [-0.2, -0.15) is 0 Å². The average molecular weight is 563 g/mol. The largest absolute Gasteiger partial charge is 0.497 e. The van der Waals surface area contributed by atoms with Crippen LogP contribution in [0.5, 0.6) is 5.75 Å². The molecule has 1 aromatic heterocycles. The highest BCUT2D eigenvalue weighted by Crippen LogP contribution is 2.27. The number of hydrogen-bond acceptors (Lipinski definition) is 8. The molecule has 0 bridgehead atoms. The van der Waals surface area contributed by atoms with Gasteiger partial charge in [0.05, 0.1) is 7.11 Å². The molecule has 0 atom stereocenters. The molecule has 5 rings (SSSR count). The third kappa shape index (κ3) is 6.95. The van der Waals surface area contributed by atoms with Gasteiger partial charge in [0.25, 0.3) is 11.8 Å². The lowest BCUT2D eigenvalue weighted by Crippen LogP contribution is -2.45. The van der Waals surface area contributed by atoms with E-state index in [9.17, 15) is 9.59 Å². The third-order valence-corrected chi connectivity index (χ3v) is 7.77. The van der Waals surface area contributed by atoms with E-state index in [2.05, 4.69) is 10.1 Å². The van der Waals surface area contributed by atoms with Crippen LogP contribution in [0, 0.1) is 0 Å². The van der Waals surface area contributed by atoms with Crippen LogP contribution in [-0.2, 0) is 20.8 Å². The predicted molar refractivity (Wildman–Crippen MR) is 154 cm³/mol. The Morgan fingerprint density at radius 2 is 1.80 bits per heavy atom. The first-order chi connectivity index (χ1) is 20.1. The molecule has 0 unspecified atom stereocenters. The highest BCUT2D eigenvalue weighted by atomic mass is 16.5. The second-order valence-electron chi connectivity index (χ2n) is 10.4. The van der Waals surface area contributed by atoms with E-state index in [-0.39, 0.29) is 24.1 Å². The number of methoxy groups -OCH3 is 2. The Kier molecular flexibility index (Phi) is 9.66. The van der Waals surface area contributed by atoms with E-state index >= 15 is 0 Å². The molecule has 0 saturated carbocycles. The number of rotatable bonds is 6. The fourth-order valence-corrected chi connectivity index (χ4v) is 5.61. The van der Waals surface area contributed by atoms with Crippen molar-refractivity contribution in [1.82, 2.24) is 15.0 Å². The lowest BCUT2D eigenvalue weighted by molar-refractivity contribution is -0.122. The van der Waals surface area contributed by atoms with Crippen LogP contribution in [0.25, 0.3) is 11.3 Å². The maximum atomic E-state index is 14.0. The zero-order valence-electron chi connectivity index (χ0n) is 23.8. The smallest absolute Gasteiger partial charge is 0.276 e. The highest BCUT2D eigenvalue weighted by molar-refractivity contribution is 5.96. The monoisotopic (exact) mass is 562 g/mol. The van der Waals surface area contributed by atoms with Gasteiger partial charge in [-0.1, -0.05) is 35.5 Å². The molecule has 218 valence electrons. The summed E-state index contributed by atoms with van der Waals surface area (Å²) in [5, 5.41) is 4.15. The van der Waals surface area contributed by atoms with Crippen LogP contribution >= 0.6 is 0 Å². The van der Waals surface area contributed by atoms with E-state index < -0.39 is 0 Å². The third-order valence-electron chi connectivity index (χ3n) is 7.77. The summed E-state index contributed by atoms with van der Waals surface area (Å²) in [6.45, 7) is 4.40. The molecule has 1 saturated heterocycles. The fourth-order valence-electron chi connectivity index (χ4n) is 5.61. The zero-order valence-corrected chi connectivity index (χ0v) is 23.8. The number of benzene rings is 2. The molecule has 3 heterocycles. The van der Waals surface area contributed by atoms with Gasteiger partial charge in [0.1, 0.15) is 12.4 Å². The Balaban J connectivity index is 1.46. The number of fused-ring (bicyclic) bond motifs is 1. The summed E-state index contributed by atoms with van der Waals surface area (Å²) >= 11 is 0. The zero-order chi connectivity index (χ0) is 28.6. The van der Waals surface area contributed by atoms with Crippen molar-refractivity contribution < 1.29 is 28.3 Å². The SMILES string of the molecule is COCC(=O)N1CCCN(C2CCOCC2)CCN(C(=O)c2cc(-c3cccc(OC)c3)on2)Cc2ccccc21. The Labute approximate surface area is 240 Å². The number of aromatic nitrogens is 1. The van der Waals surface area contributed by atoms with Crippen LogP contribution in [0.1, 0.15) is 35.3 Å². The molecule has 2 amide bonds. The van der Waals surface area contributed by atoms with Crippen LogP contribution in [0.3, 0.4) is 0 Å². The van der Waals surface area contributed by atoms with Gasteiger partial charge in [-0.25, -0.2) is 0 Å². The number of amides is 2. The normalized spacial score (nSPS) is 17.5. The minimum Gasteiger partial charge on any atom is -0.497 e. The number of carbonyl (C=O) groups is 2. The molecule has 0 radical (unpaired) electrons. The molecule has 3 aromatic rings. The lowest BCUT2D eigenvalue weighted by Gasteiger charge is -2.35. The van der Waals surface area contributed by atoms with E-state index in [1.54, 1.807) is 18.1 Å². The maximum Gasteiger partial charge on any atom is 0.276 e. The second kappa shape index (κ2) is 13.8. The molecule has 1 fully saturated rings. The first-order valence-corrected chi connectivity index (χ1v) is 14.2. The number of para-hydroxylation sites is 1. The van der Waals surface area contributed by atoms with Gasteiger partial charge in [0.2, 0.25) is 0 Å². The lowest BCUT2D eigenvalue weighted by atomic mass is 10.1. The van der Waals surface area contributed by atoms with Crippen LogP contribution in [0.15, 0.2) is 59.1 Å². The highest BCUT2D eigenvalue weighted by Gasteiger charge is 2.28. The molecule has 10 nitrogen and oxygen atoms in total. The van der Waals surface area contributed by atoms with Crippen molar-refractivity contribution >= 4 is 17.5 Å². The summed E-state index contributed by atoms with van der Waals surface area (Å²) in [4.78, 5) is 33.2. The maximum absolute atomic E-state index is 14.0. The Bertz CT molecular complexity index is 1320. The van der Waals surface area contributed by atoms with Gasteiger partial charge >= 0.3 is 0 Å². The number of ether oxygens (including phenoxy) is 3. The quantitative estimate of drug-likeness (QED) is 0.447. The van der Waals surface area contributed by atoms with Crippen molar-refractivity contribution in [1.29, 1.82) is 0 Å². The van der Waals surface area contributed by atoms with E-state index in [1.165, 1.54) is 7.11 Å². The average Bonchev–Trinajstić information content (AvgIpc) is 3.50. The number of carbonyl (C=O) groups excluding carboxylic acids is 2. The van der Waals surface area contributed by atoms with Gasteiger partial charge in [-0.3, -0.25) is 14.5 Å². The van der Waals surface area contributed by atoms with Gasteiger partial charge in [-0.05, 0) is 43.0 Å². The minimum absolute atomic E-state index is 0.00730. The van der Waals surface area contributed by atoms with Crippen LogP contribution in [-0.4, -0.2) is 93.0 Å². The van der Waals surface area contributed by atoms with Gasteiger partial charge < -0.3 is 28.5 Å². The first-order valence-electron chi connectivity index (χ1n) is 14.2. The van der Waals surface area contributed by atoms with Crippen molar-refractivity contribution in [2.75, 3.05) is 65.1 Å². The molecular formula is C31H38N4O6. The molecule has 0 aliphatic carbocycles. The van der Waals surface area contributed by atoms with Crippen molar-refractivity contribution in [2.45, 2.75) is 31.8 Å². The van der Waals surface area contributed by atoms with Gasteiger partial charge in [0.15, 0.2) is 11.5 Å². The minimum atomic E-state index is -0.223. The van der Waals surface area contributed by atoms with Gasteiger partial charge in [-0.15, -0.1) is 0 Å². The Morgan fingerprint density at radius 1 is 0.976 bits per heavy atom. The van der Waals surface area contributed by atoms with E-state index in [0.29, 0.717) is 43.7 Å². The van der Waals surface area contributed by atoms with E-state index in [4.69, 9.17) is 18.7 Å². The molecular weight excluding hydrogens is 524 g/mol. The molecule has 0 N–H and O–H groups in total. The van der Waals surface area contributed by atoms with Crippen molar-refractivity contribution in [3.05, 3.63) is 65.9 Å². The standard InChI is InChI=1S/C31H38N4O6/c1-38-22-30(36)35-14-6-13-33(25-11-17-40-18-12-25)15-16-34(21-24-7-3-4-10-28(24)35)31(37)27-20-29(41-32-27)23-8-5-9-26(19-23)39-2/h3-5,7-10,19-20,25H,6,11-18,21-22H2,1-2H3. The first kappa shape index (κ1) is 28.8. The van der Waals surface area contributed by atoms with Crippen LogP contribution in [0.2, 0.25) is 0 Å². The summed E-state index contributed by atoms with van der Waals surface area (Å²) in [5.41, 5.74) is 2.70. The van der Waals surface area contributed by atoms with Crippen molar-refractivity contribution in [3.63, 3.8) is 0 Å². The number of hydrogen-bond donors (Lipinski definition) is 0. The van der Waals surface area contributed by atoms with Crippen molar-refractivity contribution in [2.24, 2.45) is 0 Å². The van der Waals surface area contributed by atoms with Crippen LogP contribution in [0.4, 0.5) is 5.69 Å². The molecule has 2 aromatic carbocycles. The topological polar surface area (TPSA) is 97.6 Å². The molecule has 10 heteroatoms. The summed E-state index contributed by atoms with van der Waals surface area (Å²) in [5.74, 6) is 0.856. The summed E-state index contributed by atoms with van der Waals surface area (Å²) in [7, 11) is 3.13. The molecule has 2 aliphatic heterocycles. The van der Waals surface area contributed by atoms with E-state index in [0.717, 1.165) is 55.8 Å². The summed E-state index contributed by atoms with van der Waals surface area (Å²) in [6.07, 6.45) is 2.71. The summed E-state index contributed by atoms with van der Waals surface area (Å²) in [6, 6.07) is 17.3.